The summed E-state index contributed by atoms with van der Waals surface area (Å²) in [6.07, 6.45) is 7.88. The number of nitrogens with zero attached hydrogens (tertiary/aromatic N) is 1. The largest absolute Gasteiger partial charge is 0.394 e. The maximum absolute atomic E-state index is 12.3. The van der Waals surface area contributed by atoms with Crippen LogP contribution in [0.15, 0.2) is 51.5 Å². The van der Waals surface area contributed by atoms with Gasteiger partial charge in [0.1, 0.15) is 16.7 Å². The molecule has 23 heavy (non-hydrogen) atoms. The van der Waals surface area contributed by atoms with Crippen molar-refractivity contribution >= 4 is 29.1 Å². The molecule has 0 aromatic rings. The molecule has 2 aliphatic heterocycles. The summed E-state index contributed by atoms with van der Waals surface area (Å²) in [5.74, 6) is 0.0482. The number of aliphatic imine (C=N–C) groups is 1. The fraction of sp³-hybridized carbons (Fsp3) is 0.312. The molecule has 122 valence electrons. The molecule has 0 bridgehead atoms. The first-order valence-electron chi connectivity index (χ1n) is 7.36. The lowest BCUT2D eigenvalue weighted by atomic mass is 10.0. The Morgan fingerprint density at radius 2 is 2.26 bits per heavy atom. The third-order valence-electron chi connectivity index (χ3n) is 3.50. The van der Waals surface area contributed by atoms with Gasteiger partial charge in [-0.2, -0.15) is 0 Å². The molecule has 0 saturated carbocycles. The van der Waals surface area contributed by atoms with Crippen LogP contribution in [0.25, 0.3) is 0 Å². The molecule has 0 radical (unpaired) electrons. The second kappa shape index (κ2) is 7.28. The summed E-state index contributed by atoms with van der Waals surface area (Å²) in [6.45, 7) is 3.78. The summed E-state index contributed by atoms with van der Waals surface area (Å²) in [4.78, 5) is 16.6. The Bertz CT molecular complexity index is 685. The van der Waals surface area contributed by atoms with Gasteiger partial charge < -0.3 is 16.0 Å². The number of amidine groups is 1. The van der Waals surface area contributed by atoms with Crippen molar-refractivity contribution in [3.63, 3.8) is 0 Å². The lowest BCUT2D eigenvalue weighted by Gasteiger charge is -2.07. The van der Waals surface area contributed by atoms with E-state index in [1.807, 2.05) is 19.1 Å². The van der Waals surface area contributed by atoms with Crippen LogP contribution in [0.1, 0.15) is 20.3 Å². The van der Waals surface area contributed by atoms with Gasteiger partial charge in [0.25, 0.3) is 5.91 Å². The lowest BCUT2D eigenvalue weighted by molar-refractivity contribution is -0.115. The fourth-order valence-electron chi connectivity index (χ4n) is 2.36. The normalized spacial score (nSPS) is 22.5. The number of rotatable bonds is 4. The lowest BCUT2D eigenvalue weighted by Crippen LogP contribution is -2.23. The number of nitrogens with one attached hydrogen (secondary N) is 4. The molecule has 0 aromatic carbocycles. The van der Waals surface area contributed by atoms with E-state index in [1.165, 1.54) is 0 Å². The molecule has 1 fully saturated rings. The topological polar surface area (TPSA) is 89.4 Å². The third kappa shape index (κ3) is 3.90. The van der Waals surface area contributed by atoms with E-state index in [1.54, 1.807) is 26.2 Å². The minimum Gasteiger partial charge on any atom is -0.394 e. The number of hydrogen-bond acceptors (Lipinski definition) is 4. The van der Waals surface area contributed by atoms with Crippen LogP contribution in [0.4, 0.5) is 0 Å². The molecular formula is C16H20ClN5O. The number of carbonyl (C=O) groups excluding carboxylic acids is 1. The first-order chi connectivity index (χ1) is 11.0. The van der Waals surface area contributed by atoms with E-state index in [0.29, 0.717) is 27.8 Å². The van der Waals surface area contributed by atoms with E-state index in [4.69, 9.17) is 17.0 Å². The quantitative estimate of drug-likeness (QED) is 0.275. The van der Waals surface area contributed by atoms with E-state index in [0.717, 1.165) is 6.42 Å². The zero-order valence-electron chi connectivity index (χ0n) is 13.3. The zero-order valence-corrected chi connectivity index (χ0v) is 14.1. The van der Waals surface area contributed by atoms with E-state index in [2.05, 4.69) is 20.9 Å². The molecule has 2 aliphatic rings. The molecule has 1 amide bonds. The standard InChI is InChI=1S/C16H20ClN5O/c1-4-10-7-11-15(22-12(17)8-10)14(16(23)21-11)9(2)20-13(18)5-6-19-3/h5-8,10,19H,4H2,1-3H3,(H2,18,20)(H,21,23)/b6-5-,14-9-. The van der Waals surface area contributed by atoms with Gasteiger partial charge in [-0.1, -0.05) is 24.6 Å². The van der Waals surface area contributed by atoms with E-state index < -0.39 is 0 Å². The first kappa shape index (κ1) is 17.0. The summed E-state index contributed by atoms with van der Waals surface area (Å²) < 4.78 is 0. The molecule has 7 heteroatoms. The van der Waals surface area contributed by atoms with Crippen molar-refractivity contribution in [1.29, 1.82) is 5.41 Å². The number of allylic oxidation sites excluding steroid dienone is 4. The van der Waals surface area contributed by atoms with Gasteiger partial charge in [0.2, 0.25) is 0 Å². The van der Waals surface area contributed by atoms with Crippen molar-refractivity contribution in [3.05, 3.63) is 46.6 Å². The minimum atomic E-state index is -0.244. The number of amides is 1. The van der Waals surface area contributed by atoms with Crippen LogP contribution in [0, 0.1) is 11.3 Å². The van der Waals surface area contributed by atoms with Crippen LogP contribution in [-0.2, 0) is 4.79 Å². The molecular weight excluding hydrogens is 314 g/mol. The van der Waals surface area contributed by atoms with Gasteiger partial charge >= 0.3 is 0 Å². The van der Waals surface area contributed by atoms with Crippen LogP contribution in [-0.4, -0.2) is 24.5 Å². The summed E-state index contributed by atoms with van der Waals surface area (Å²) in [5, 5.41) is 16.7. The van der Waals surface area contributed by atoms with E-state index >= 15 is 0 Å². The van der Waals surface area contributed by atoms with Crippen LogP contribution in [0.5, 0.6) is 0 Å². The van der Waals surface area contributed by atoms with Gasteiger partial charge in [0, 0.05) is 18.7 Å². The highest BCUT2D eigenvalue weighted by molar-refractivity contribution is 6.37. The van der Waals surface area contributed by atoms with Crippen molar-refractivity contribution in [2.45, 2.75) is 20.3 Å². The number of hydrogen-bond donors (Lipinski definition) is 4. The Balaban J connectivity index is 2.38. The molecule has 2 rings (SSSR count). The van der Waals surface area contributed by atoms with Gasteiger partial charge in [0.15, 0.2) is 0 Å². The molecule has 1 unspecified atom stereocenters. The SMILES string of the molecule is CCC1C=C(Cl)N=C2C(=C1)NC(=O)/C2=C(/C)NC(=N)/C=C\NC. The number of fused-ring (bicyclic) bond motifs is 1. The fourth-order valence-corrected chi connectivity index (χ4v) is 2.61. The Morgan fingerprint density at radius 1 is 1.52 bits per heavy atom. The van der Waals surface area contributed by atoms with Gasteiger partial charge in [-0.3, -0.25) is 10.2 Å². The summed E-state index contributed by atoms with van der Waals surface area (Å²) in [7, 11) is 1.75. The Hall–Kier alpha value is -2.34. The Morgan fingerprint density at radius 3 is 2.91 bits per heavy atom. The predicted molar refractivity (Wildman–Crippen MR) is 93.1 cm³/mol. The molecule has 1 atom stereocenters. The van der Waals surface area contributed by atoms with E-state index in [-0.39, 0.29) is 17.7 Å². The monoisotopic (exact) mass is 333 g/mol. The van der Waals surface area contributed by atoms with Crippen molar-refractivity contribution in [2.75, 3.05) is 7.05 Å². The second-order valence-corrected chi connectivity index (χ2v) is 5.60. The third-order valence-corrected chi connectivity index (χ3v) is 3.71. The molecule has 0 spiro atoms. The Kier molecular flexibility index (Phi) is 5.39. The summed E-state index contributed by atoms with van der Waals surface area (Å²) in [5.41, 5.74) is 2.14. The van der Waals surface area contributed by atoms with Crippen molar-refractivity contribution in [1.82, 2.24) is 16.0 Å². The molecule has 0 aliphatic carbocycles. The van der Waals surface area contributed by atoms with Crippen molar-refractivity contribution in [3.8, 4) is 0 Å². The van der Waals surface area contributed by atoms with Gasteiger partial charge in [-0.25, -0.2) is 4.99 Å². The van der Waals surface area contributed by atoms with Gasteiger partial charge in [-0.05, 0) is 31.7 Å². The van der Waals surface area contributed by atoms with Gasteiger partial charge in [0.05, 0.1) is 11.3 Å². The highest BCUT2D eigenvalue weighted by Gasteiger charge is 2.32. The maximum Gasteiger partial charge on any atom is 0.259 e. The average Bonchev–Trinajstić information content (AvgIpc) is 2.70. The zero-order chi connectivity index (χ0) is 17.0. The molecule has 1 saturated heterocycles. The van der Waals surface area contributed by atoms with Crippen molar-refractivity contribution < 1.29 is 4.79 Å². The molecule has 4 N–H and O–H groups in total. The predicted octanol–water partition coefficient (Wildman–Crippen LogP) is 2.14. The molecule has 0 aromatic heterocycles. The minimum absolute atomic E-state index is 0.128. The van der Waals surface area contributed by atoms with Crippen LogP contribution in [0.3, 0.4) is 0 Å². The molecule has 2 heterocycles. The van der Waals surface area contributed by atoms with Crippen LogP contribution < -0.4 is 16.0 Å². The average molecular weight is 334 g/mol. The van der Waals surface area contributed by atoms with Gasteiger partial charge in [-0.15, -0.1) is 0 Å². The maximum atomic E-state index is 12.3. The summed E-state index contributed by atoms with van der Waals surface area (Å²) in [6, 6.07) is 0. The van der Waals surface area contributed by atoms with Crippen LogP contribution in [0.2, 0.25) is 0 Å². The highest BCUT2D eigenvalue weighted by atomic mass is 35.5. The van der Waals surface area contributed by atoms with Crippen molar-refractivity contribution in [2.24, 2.45) is 10.9 Å². The Labute approximate surface area is 140 Å². The first-order valence-corrected chi connectivity index (χ1v) is 7.74. The summed E-state index contributed by atoms with van der Waals surface area (Å²) >= 11 is 6.15. The second-order valence-electron chi connectivity index (χ2n) is 5.22. The molecule has 6 nitrogen and oxygen atoms in total. The number of halogens is 1. The number of carbonyl (C=O) groups is 1. The smallest absolute Gasteiger partial charge is 0.259 e. The highest BCUT2D eigenvalue weighted by Crippen LogP contribution is 2.27. The van der Waals surface area contributed by atoms with Crippen LogP contribution >= 0.6 is 11.6 Å². The van der Waals surface area contributed by atoms with E-state index in [9.17, 15) is 4.79 Å².